The molecule has 1 aromatic carbocycles. The van der Waals surface area contributed by atoms with Crippen molar-refractivity contribution in [1.82, 2.24) is 15.5 Å². The first-order valence-electron chi connectivity index (χ1n) is 13.1. The number of phosphoric ester groups is 1. The number of hydrogen-bond acceptors (Lipinski definition) is 6. The van der Waals surface area contributed by atoms with Crippen LogP contribution in [0.3, 0.4) is 0 Å². The monoisotopic (exact) mass is 602 g/mol. The number of carbonyl (C=O) groups is 4. The zero-order valence-corrected chi connectivity index (χ0v) is 24.0. The molecular formula is C26H37F2N4O8P. The van der Waals surface area contributed by atoms with E-state index in [1.807, 2.05) is 6.92 Å². The fourth-order valence-electron chi connectivity index (χ4n) is 4.33. The van der Waals surface area contributed by atoms with E-state index in [0.29, 0.717) is 24.0 Å². The molecule has 0 unspecified atom stereocenters. The molecule has 1 heterocycles. The number of rotatable bonds is 14. The number of allylic oxidation sites excluding steroid dienone is 1. The fourth-order valence-corrected chi connectivity index (χ4v) is 4.72. The van der Waals surface area contributed by atoms with Crippen molar-refractivity contribution in [3.05, 3.63) is 35.9 Å². The number of nitrogens with zero attached hydrogens (tertiary/aromatic N) is 1. The van der Waals surface area contributed by atoms with Crippen molar-refractivity contribution < 1.29 is 46.8 Å². The summed E-state index contributed by atoms with van der Waals surface area (Å²) >= 11 is 0. The summed E-state index contributed by atoms with van der Waals surface area (Å²) in [6.45, 7) is 4.08. The molecule has 15 heteroatoms. The Morgan fingerprint density at radius 3 is 2.39 bits per heavy atom. The van der Waals surface area contributed by atoms with E-state index < -0.39 is 68.5 Å². The Morgan fingerprint density at radius 1 is 1.20 bits per heavy atom. The van der Waals surface area contributed by atoms with Gasteiger partial charge in [0.1, 0.15) is 17.8 Å². The molecule has 2 rings (SSSR count). The summed E-state index contributed by atoms with van der Waals surface area (Å²) in [5.74, 6) is -6.21. The highest BCUT2D eigenvalue weighted by atomic mass is 31.2. The van der Waals surface area contributed by atoms with Crippen LogP contribution in [0.4, 0.5) is 8.78 Å². The second kappa shape index (κ2) is 14.5. The van der Waals surface area contributed by atoms with Crippen molar-refractivity contribution >= 4 is 37.0 Å². The largest absolute Gasteiger partial charge is 0.524 e. The molecule has 228 valence electrons. The lowest BCUT2D eigenvalue weighted by atomic mass is 10.1. The molecule has 1 aliphatic heterocycles. The van der Waals surface area contributed by atoms with Crippen LogP contribution in [0, 0.1) is 0 Å². The van der Waals surface area contributed by atoms with Crippen LogP contribution in [-0.2, 0) is 23.7 Å². The van der Waals surface area contributed by atoms with Crippen LogP contribution in [0.2, 0.25) is 0 Å². The lowest BCUT2D eigenvalue weighted by Gasteiger charge is -2.29. The third-order valence-corrected chi connectivity index (χ3v) is 6.86. The second-order valence-electron chi connectivity index (χ2n) is 10.1. The van der Waals surface area contributed by atoms with Gasteiger partial charge in [-0.1, -0.05) is 31.9 Å². The fraction of sp³-hybridized carbons (Fsp3) is 0.538. The van der Waals surface area contributed by atoms with Gasteiger partial charge >= 0.3 is 7.82 Å². The van der Waals surface area contributed by atoms with Gasteiger partial charge < -0.3 is 25.8 Å². The molecular weight excluding hydrogens is 565 g/mol. The second-order valence-corrected chi connectivity index (χ2v) is 11.3. The number of nitrogens with one attached hydrogen (secondary N) is 2. The van der Waals surface area contributed by atoms with Gasteiger partial charge in [-0.15, -0.1) is 0 Å². The molecule has 0 bridgehead atoms. The first-order valence-corrected chi connectivity index (χ1v) is 14.7. The number of benzene rings is 1. The summed E-state index contributed by atoms with van der Waals surface area (Å²) < 4.78 is 44.3. The van der Waals surface area contributed by atoms with E-state index in [1.165, 1.54) is 30.3 Å². The molecule has 1 fully saturated rings. The number of hydrogen-bond donors (Lipinski definition) is 5. The molecule has 1 saturated heterocycles. The normalized spacial score (nSPS) is 18.4. The summed E-state index contributed by atoms with van der Waals surface area (Å²) in [5.41, 5.74) is 6.09. The number of amides is 4. The number of phosphoric acid groups is 1. The number of halogens is 2. The zero-order chi connectivity index (χ0) is 31.0. The Labute approximate surface area is 236 Å². The van der Waals surface area contributed by atoms with Gasteiger partial charge in [0.15, 0.2) is 0 Å². The molecule has 0 aliphatic carbocycles. The third-order valence-electron chi connectivity index (χ3n) is 6.41. The Bertz CT molecular complexity index is 1190. The number of alkyl halides is 2. The highest BCUT2D eigenvalue weighted by molar-refractivity contribution is 7.46. The van der Waals surface area contributed by atoms with Crippen molar-refractivity contribution in [2.45, 2.75) is 83.3 Å². The maximum atomic E-state index is 14.4. The van der Waals surface area contributed by atoms with Gasteiger partial charge in [-0.25, -0.2) is 13.3 Å². The maximum absolute atomic E-state index is 14.4. The van der Waals surface area contributed by atoms with Crippen molar-refractivity contribution in [2.24, 2.45) is 5.73 Å². The smallest absolute Gasteiger partial charge is 0.404 e. The predicted octanol–water partition coefficient (Wildman–Crippen LogP) is 2.24. The number of nitrogens with two attached hydrogens (primary N) is 1. The molecule has 12 nitrogen and oxygen atoms in total. The van der Waals surface area contributed by atoms with E-state index in [9.17, 15) is 32.5 Å². The van der Waals surface area contributed by atoms with E-state index in [-0.39, 0.29) is 25.0 Å². The van der Waals surface area contributed by atoms with Gasteiger partial charge in [0.25, 0.3) is 5.92 Å². The molecule has 0 saturated carbocycles. The Morgan fingerprint density at radius 2 is 1.83 bits per heavy atom. The Kier molecular flexibility index (Phi) is 12.0. The summed E-state index contributed by atoms with van der Waals surface area (Å²) in [5, 5.41) is 5.13. The van der Waals surface area contributed by atoms with E-state index >= 15 is 0 Å². The van der Waals surface area contributed by atoms with Crippen LogP contribution in [0.15, 0.2) is 30.3 Å². The zero-order valence-electron chi connectivity index (χ0n) is 23.1. The van der Waals surface area contributed by atoms with Crippen LogP contribution < -0.4 is 20.9 Å². The van der Waals surface area contributed by atoms with Crippen LogP contribution >= 0.6 is 7.82 Å². The van der Waals surface area contributed by atoms with E-state index in [0.717, 1.165) is 4.90 Å². The first-order chi connectivity index (χ1) is 19.0. The van der Waals surface area contributed by atoms with Crippen molar-refractivity contribution in [2.75, 3.05) is 6.54 Å². The van der Waals surface area contributed by atoms with E-state index in [4.69, 9.17) is 15.5 Å². The highest BCUT2D eigenvalue weighted by Crippen LogP contribution is 2.37. The maximum Gasteiger partial charge on any atom is 0.524 e. The Balaban J connectivity index is 2.17. The number of unbranched alkanes of at least 4 members (excludes halogenated alkanes) is 1. The molecule has 1 aromatic rings. The van der Waals surface area contributed by atoms with Crippen molar-refractivity contribution in [1.29, 1.82) is 0 Å². The molecule has 41 heavy (non-hydrogen) atoms. The lowest BCUT2D eigenvalue weighted by molar-refractivity contribution is -0.141. The summed E-state index contributed by atoms with van der Waals surface area (Å²) in [4.78, 5) is 68.8. The molecule has 4 amide bonds. The topological polar surface area (TPSA) is 188 Å². The Hall–Kier alpha value is -3.35. The molecule has 0 radical (unpaired) electrons. The summed E-state index contributed by atoms with van der Waals surface area (Å²) in [7, 11) is -4.73. The van der Waals surface area contributed by atoms with E-state index in [1.54, 1.807) is 13.8 Å². The third kappa shape index (κ3) is 11.2. The minimum absolute atomic E-state index is 0.00566. The number of carbonyl (C=O) groups excluding carboxylic acids is 4. The molecule has 1 aliphatic rings. The molecule has 0 aromatic heterocycles. The van der Waals surface area contributed by atoms with Crippen molar-refractivity contribution in [3.63, 3.8) is 0 Å². The number of likely N-dealkylation sites (tertiary alicyclic amines) is 1. The lowest BCUT2D eigenvalue weighted by Crippen LogP contribution is -2.54. The van der Waals surface area contributed by atoms with Gasteiger partial charge in [-0.05, 0) is 50.0 Å². The average Bonchev–Trinajstić information content (AvgIpc) is 3.19. The standard InChI is InChI=1S/C26H37F2N4O8P/c1-4-5-6-20(31-23(34)13-16(2)18-8-10-19(11-9-18)40-41(37,38)39)25(36)32-15-26(27,28)14-21(32)24(35)30-17(3)7-12-22(29)33/h8-11,13,17,20-21H,4-7,12,14-15H2,1-3H3,(H2,29,33)(H,30,35)(H,31,34)(H2,37,38,39)/b16-13+/t17-,20+,21+/m1/s1. The average molecular weight is 603 g/mol. The van der Waals surface area contributed by atoms with Crippen LogP contribution in [-0.4, -0.2) is 68.9 Å². The van der Waals surface area contributed by atoms with Gasteiger partial charge in [0.2, 0.25) is 23.6 Å². The molecule has 0 spiro atoms. The minimum Gasteiger partial charge on any atom is -0.404 e. The van der Waals surface area contributed by atoms with Crippen LogP contribution in [0.1, 0.15) is 64.9 Å². The summed E-state index contributed by atoms with van der Waals surface area (Å²) in [6, 6.07) is 2.41. The molecule has 3 atom stereocenters. The van der Waals surface area contributed by atoms with Crippen molar-refractivity contribution in [3.8, 4) is 5.75 Å². The SMILES string of the molecule is CCCC[C@H](NC(=O)/C=C(\C)c1ccc(OP(=O)(O)O)cc1)C(=O)N1CC(F)(F)C[C@H]1C(=O)N[C@H](C)CCC(N)=O. The van der Waals surface area contributed by atoms with Crippen LogP contribution in [0.25, 0.3) is 5.57 Å². The quantitative estimate of drug-likeness (QED) is 0.158. The first kappa shape index (κ1) is 33.9. The summed E-state index contributed by atoms with van der Waals surface area (Å²) in [6.07, 6.45) is 1.86. The number of primary amides is 1. The van der Waals surface area contributed by atoms with Gasteiger partial charge in [0, 0.05) is 25.0 Å². The van der Waals surface area contributed by atoms with Crippen LogP contribution in [0.5, 0.6) is 5.75 Å². The molecule has 6 N–H and O–H groups in total. The van der Waals surface area contributed by atoms with Gasteiger partial charge in [-0.2, -0.15) is 0 Å². The highest BCUT2D eigenvalue weighted by Gasteiger charge is 2.51. The van der Waals surface area contributed by atoms with Gasteiger partial charge in [0.05, 0.1) is 6.54 Å². The predicted molar refractivity (Wildman–Crippen MR) is 145 cm³/mol. The van der Waals surface area contributed by atoms with Gasteiger partial charge in [-0.3, -0.25) is 29.0 Å². The van der Waals surface area contributed by atoms with E-state index in [2.05, 4.69) is 15.2 Å². The minimum atomic E-state index is -4.73.